The van der Waals surface area contributed by atoms with Gasteiger partial charge in [0.15, 0.2) is 0 Å². The third kappa shape index (κ3) is 4.68. The van der Waals surface area contributed by atoms with E-state index in [0.717, 1.165) is 25.8 Å². The molecular weight excluding hydrogens is 228 g/mol. The first-order valence-electron chi connectivity index (χ1n) is 5.76. The van der Waals surface area contributed by atoms with Gasteiger partial charge in [0.25, 0.3) is 0 Å². The number of hydrogen-bond donors (Lipinski definition) is 3. The molecule has 1 saturated heterocycles. The van der Waals surface area contributed by atoms with Crippen LogP contribution < -0.4 is 10.6 Å². The summed E-state index contributed by atoms with van der Waals surface area (Å²) in [7, 11) is 0. The van der Waals surface area contributed by atoms with Crippen molar-refractivity contribution in [3.05, 3.63) is 0 Å². The summed E-state index contributed by atoms with van der Waals surface area (Å²) in [6, 6.07) is 0. The SMILES string of the molecule is CC(O)CCNC(=O)C1(C)CCCCN1.Cl. The van der Waals surface area contributed by atoms with Gasteiger partial charge in [0, 0.05) is 6.54 Å². The maximum atomic E-state index is 11.8. The van der Waals surface area contributed by atoms with Crippen LogP contribution in [0.2, 0.25) is 0 Å². The molecular formula is C11H23ClN2O2. The first-order valence-corrected chi connectivity index (χ1v) is 5.76. The van der Waals surface area contributed by atoms with Crippen LogP contribution in [0, 0.1) is 0 Å². The van der Waals surface area contributed by atoms with E-state index in [2.05, 4.69) is 10.6 Å². The molecule has 2 unspecified atom stereocenters. The Labute approximate surface area is 104 Å². The van der Waals surface area contributed by atoms with Gasteiger partial charge in [-0.05, 0) is 46.1 Å². The number of hydrogen-bond acceptors (Lipinski definition) is 3. The van der Waals surface area contributed by atoms with Gasteiger partial charge < -0.3 is 15.7 Å². The summed E-state index contributed by atoms with van der Waals surface area (Å²) in [6.07, 6.45) is 3.41. The minimum absolute atomic E-state index is 0. The minimum Gasteiger partial charge on any atom is -0.393 e. The molecule has 0 spiro atoms. The predicted octanol–water partition coefficient (Wildman–Crippen LogP) is 0.827. The Balaban J connectivity index is 0.00000225. The van der Waals surface area contributed by atoms with Crippen LogP contribution in [-0.4, -0.2) is 35.7 Å². The van der Waals surface area contributed by atoms with Crippen LogP contribution in [0.1, 0.15) is 39.5 Å². The molecule has 0 bridgehead atoms. The number of halogens is 1. The highest BCUT2D eigenvalue weighted by Crippen LogP contribution is 2.18. The molecule has 3 N–H and O–H groups in total. The summed E-state index contributed by atoms with van der Waals surface area (Å²) >= 11 is 0. The zero-order valence-electron chi connectivity index (χ0n) is 10.1. The van der Waals surface area contributed by atoms with Gasteiger partial charge >= 0.3 is 0 Å². The van der Waals surface area contributed by atoms with Gasteiger partial charge in [-0.3, -0.25) is 4.79 Å². The Kier molecular flexibility index (Phi) is 6.95. The highest BCUT2D eigenvalue weighted by Gasteiger charge is 2.33. The van der Waals surface area contributed by atoms with E-state index < -0.39 is 5.54 Å². The third-order valence-corrected chi connectivity index (χ3v) is 2.97. The van der Waals surface area contributed by atoms with E-state index in [0.29, 0.717) is 13.0 Å². The maximum Gasteiger partial charge on any atom is 0.240 e. The van der Waals surface area contributed by atoms with E-state index in [4.69, 9.17) is 5.11 Å². The number of nitrogens with one attached hydrogen (secondary N) is 2. The molecule has 1 aliphatic heterocycles. The van der Waals surface area contributed by atoms with Crippen LogP contribution in [0.5, 0.6) is 0 Å². The second-order valence-electron chi connectivity index (χ2n) is 4.61. The topological polar surface area (TPSA) is 61.4 Å². The summed E-state index contributed by atoms with van der Waals surface area (Å²) in [6.45, 7) is 5.14. The lowest BCUT2D eigenvalue weighted by Crippen LogP contribution is -2.57. The van der Waals surface area contributed by atoms with Crippen molar-refractivity contribution in [2.45, 2.75) is 51.2 Å². The molecule has 1 aliphatic rings. The summed E-state index contributed by atoms with van der Waals surface area (Å²) in [5.41, 5.74) is -0.406. The molecule has 4 nitrogen and oxygen atoms in total. The van der Waals surface area contributed by atoms with Crippen LogP contribution in [0.3, 0.4) is 0 Å². The fraction of sp³-hybridized carbons (Fsp3) is 0.909. The Hall–Kier alpha value is -0.320. The molecule has 0 aromatic heterocycles. The summed E-state index contributed by atoms with van der Waals surface area (Å²) < 4.78 is 0. The van der Waals surface area contributed by atoms with Crippen molar-refractivity contribution in [1.82, 2.24) is 10.6 Å². The van der Waals surface area contributed by atoms with Crippen LogP contribution >= 0.6 is 12.4 Å². The van der Waals surface area contributed by atoms with Gasteiger partial charge in [0.2, 0.25) is 5.91 Å². The van der Waals surface area contributed by atoms with Gasteiger partial charge in [0.1, 0.15) is 0 Å². The van der Waals surface area contributed by atoms with Gasteiger partial charge in [-0.15, -0.1) is 12.4 Å². The van der Waals surface area contributed by atoms with Gasteiger partial charge in [0.05, 0.1) is 11.6 Å². The average molecular weight is 251 g/mol. The van der Waals surface area contributed by atoms with Crippen molar-refractivity contribution in [1.29, 1.82) is 0 Å². The monoisotopic (exact) mass is 250 g/mol. The lowest BCUT2D eigenvalue weighted by molar-refractivity contribution is -0.128. The highest BCUT2D eigenvalue weighted by molar-refractivity contribution is 5.86. The Morgan fingerprint density at radius 1 is 1.56 bits per heavy atom. The van der Waals surface area contributed by atoms with Crippen LogP contribution in [0.4, 0.5) is 0 Å². The quantitative estimate of drug-likeness (QED) is 0.693. The average Bonchev–Trinajstić information content (AvgIpc) is 2.18. The molecule has 96 valence electrons. The van der Waals surface area contributed by atoms with Crippen LogP contribution in [0.15, 0.2) is 0 Å². The molecule has 0 aliphatic carbocycles. The fourth-order valence-corrected chi connectivity index (χ4v) is 1.84. The number of carbonyl (C=O) groups excluding carboxylic acids is 1. The molecule has 1 fully saturated rings. The molecule has 0 aromatic rings. The lowest BCUT2D eigenvalue weighted by atomic mass is 9.90. The summed E-state index contributed by atoms with van der Waals surface area (Å²) in [5.74, 6) is 0.0582. The first kappa shape index (κ1) is 15.7. The van der Waals surface area contributed by atoms with E-state index in [1.54, 1.807) is 6.92 Å². The largest absolute Gasteiger partial charge is 0.393 e. The third-order valence-electron chi connectivity index (χ3n) is 2.97. The Morgan fingerprint density at radius 3 is 2.75 bits per heavy atom. The Morgan fingerprint density at radius 2 is 2.25 bits per heavy atom. The molecule has 0 aromatic carbocycles. The molecule has 0 radical (unpaired) electrons. The van der Waals surface area contributed by atoms with Gasteiger partial charge in [-0.1, -0.05) is 0 Å². The molecule has 2 atom stereocenters. The normalized spacial score (nSPS) is 26.7. The lowest BCUT2D eigenvalue weighted by Gasteiger charge is -2.33. The van der Waals surface area contributed by atoms with E-state index in [-0.39, 0.29) is 24.4 Å². The number of rotatable bonds is 4. The zero-order chi connectivity index (χ0) is 11.3. The highest BCUT2D eigenvalue weighted by atomic mass is 35.5. The molecule has 1 rings (SSSR count). The van der Waals surface area contributed by atoms with Crippen LogP contribution in [0.25, 0.3) is 0 Å². The van der Waals surface area contributed by atoms with E-state index in [9.17, 15) is 4.79 Å². The Bertz CT molecular complexity index is 216. The van der Waals surface area contributed by atoms with Crippen molar-refractivity contribution in [3.8, 4) is 0 Å². The van der Waals surface area contributed by atoms with Gasteiger partial charge in [-0.25, -0.2) is 0 Å². The predicted molar refractivity (Wildman–Crippen MR) is 66.8 cm³/mol. The number of carbonyl (C=O) groups is 1. The number of aliphatic hydroxyl groups is 1. The zero-order valence-corrected chi connectivity index (χ0v) is 10.9. The van der Waals surface area contributed by atoms with Crippen molar-refractivity contribution >= 4 is 18.3 Å². The maximum absolute atomic E-state index is 11.8. The molecule has 5 heteroatoms. The second kappa shape index (κ2) is 7.09. The summed E-state index contributed by atoms with van der Waals surface area (Å²) in [4.78, 5) is 11.8. The first-order chi connectivity index (χ1) is 7.04. The smallest absolute Gasteiger partial charge is 0.240 e. The second-order valence-corrected chi connectivity index (χ2v) is 4.61. The molecule has 0 saturated carbocycles. The van der Waals surface area contributed by atoms with Gasteiger partial charge in [-0.2, -0.15) is 0 Å². The molecule has 1 heterocycles. The van der Waals surface area contributed by atoms with Crippen molar-refractivity contribution in [3.63, 3.8) is 0 Å². The van der Waals surface area contributed by atoms with E-state index in [1.807, 2.05) is 6.92 Å². The standard InChI is InChI=1S/C11H22N2O2.ClH/c1-9(14)5-8-12-10(15)11(2)6-3-4-7-13-11;/h9,13-14H,3-8H2,1-2H3,(H,12,15);1H. The number of piperidine rings is 1. The minimum atomic E-state index is -0.406. The number of aliphatic hydroxyl groups excluding tert-OH is 1. The van der Waals surface area contributed by atoms with Crippen molar-refractivity contribution in [2.24, 2.45) is 0 Å². The van der Waals surface area contributed by atoms with E-state index in [1.165, 1.54) is 0 Å². The number of amides is 1. The van der Waals surface area contributed by atoms with E-state index >= 15 is 0 Å². The van der Waals surface area contributed by atoms with Crippen LogP contribution in [-0.2, 0) is 4.79 Å². The summed E-state index contributed by atoms with van der Waals surface area (Å²) in [5, 5.41) is 15.2. The van der Waals surface area contributed by atoms with Crippen molar-refractivity contribution in [2.75, 3.05) is 13.1 Å². The van der Waals surface area contributed by atoms with Crippen molar-refractivity contribution < 1.29 is 9.90 Å². The molecule has 1 amide bonds. The fourth-order valence-electron chi connectivity index (χ4n) is 1.84. The molecule has 16 heavy (non-hydrogen) atoms.